The number of hydrogen-bond acceptors (Lipinski definition) is 5. The first kappa shape index (κ1) is 14.4. The molecular weight excluding hydrogens is 300 g/mol. The van der Waals surface area contributed by atoms with Crippen LogP contribution in [0.25, 0.3) is 16.2 Å². The van der Waals surface area contributed by atoms with Crippen LogP contribution in [0.1, 0.15) is 30.6 Å². The third-order valence-corrected chi connectivity index (χ3v) is 4.06. The van der Waals surface area contributed by atoms with Crippen molar-refractivity contribution in [2.75, 3.05) is 5.32 Å². The highest BCUT2D eigenvalue weighted by Crippen LogP contribution is 2.26. The fourth-order valence-electron chi connectivity index (χ4n) is 2.05. The van der Waals surface area contributed by atoms with Crippen molar-refractivity contribution < 1.29 is 9.59 Å². The number of benzene rings is 1. The number of aromatic nitrogens is 3. The molecule has 1 amide bonds. The zero-order valence-electron chi connectivity index (χ0n) is 12.2. The number of anilines is 1. The van der Waals surface area contributed by atoms with Crippen LogP contribution >= 0.6 is 11.3 Å². The van der Waals surface area contributed by atoms with Crippen LogP contribution in [0.2, 0.25) is 0 Å². The number of carbonyl (C=O) groups excluding carboxylic acids is 2. The molecule has 0 aliphatic heterocycles. The van der Waals surface area contributed by atoms with Gasteiger partial charge < -0.3 is 5.32 Å². The molecule has 2 aromatic heterocycles. The van der Waals surface area contributed by atoms with E-state index in [9.17, 15) is 9.59 Å². The number of amides is 1. The van der Waals surface area contributed by atoms with E-state index < -0.39 is 0 Å². The van der Waals surface area contributed by atoms with Crippen LogP contribution in [0.15, 0.2) is 30.5 Å². The van der Waals surface area contributed by atoms with Gasteiger partial charge in [-0.25, -0.2) is 9.50 Å². The summed E-state index contributed by atoms with van der Waals surface area (Å²) in [5.74, 6) is -0.0751. The summed E-state index contributed by atoms with van der Waals surface area (Å²) < 4.78 is 1.68. The van der Waals surface area contributed by atoms with E-state index in [1.54, 1.807) is 23.7 Å². The van der Waals surface area contributed by atoms with E-state index >= 15 is 0 Å². The van der Waals surface area contributed by atoms with Gasteiger partial charge in [0.25, 0.3) is 0 Å². The third kappa shape index (κ3) is 2.62. The van der Waals surface area contributed by atoms with Crippen LogP contribution in [0, 0.1) is 0 Å². The van der Waals surface area contributed by atoms with Gasteiger partial charge in [-0.2, -0.15) is 0 Å². The molecule has 0 unspecified atom stereocenters. The Morgan fingerprint density at radius 2 is 2.18 bits per heavy atom. The maximum atomic E-state index is 11.5. The Labute approximate surface area is 130 Å². The fraction of sp³-hybridized carbons (Fsp3) is 0.200. The van der Waals surface area contributed by atoms with Crippen molar-refractivity contribution in [3.8, 4) is 11.3 Å². The highest BCUT2D eigenvalue weighted by atomic mass is 32.1. The molecule has 0 saturated heterocycles. The normalized spacial score (nSPS) is 10.8. The van der Waals surface area contributed by atoms with Gasteiger partial charge in [0.15, 0.2) is 5.78 Å². The standard InChI is InChI=1S/C15H14N4O2S/c1-3-13(21)17-14-18-19-12(8-16-15(19)22-14)11-6-4-5-10(7-11)9(2)20/h4-8H,3H2,1-2H3,(H,17,18,21). The summed E-state index contributed by atoms with van der Waals surface area (Å²) in [5, 5.41) is 7.61. The van der Waals surface area contributed by atoms with Gasteiger partial charge in [0, 0.05) is 17.5 Å². The molecule has 0 aliphatic carbocycles. The number of nitrogens with one attached hydrogen (secondary N) is 1. The molecule has 0 saturated carbocycles. The van der Waals surface area contributed by atoms with Gasteiger partial charge in [0.05, 0.1) is 11.9 Å². The summed E-state index contributed by atoms with van der Waals surface area (Å²) in [7, 11) is 0. The van der Waals surface area contributed by atoms with Crippen LogP contribution in [-0.2, 0) is 4.79 Å². The lowest BCUT2D eigenvalue weighted by atomic mass is 10.1. The van der Waals surface area contributed by atoms with Crippen LogP contribution in [-0.4, -0.2) is 26.3 Å². The van der Waals surface area contributed by atoms with E-state index in [1.165, 1.54) is 18.3 Å². The smallest absolute Gasteiger partial charge is 0.225 e. The van der Waals surface area contributed by atoms with E-state index in [-0.39, 0.29) is 11.7 Å². The quantitative estimate of drug-likeness (QED) is 0.751. The van der Waals surface area contributed by atoms with Crippen molar-refractivity contribution in [1.82, 2.24) is 14.6 Å². The molecule has 7 heteroatoms. The molecule has 112 valence electrons. The molecule has 6 nitrogen and oxygen atoms in total. The van der Waals surface area contributed by atoms with Crippen molar-refractivity contribution in [3.05, 3.63) is 36.0 Å². The molecule has 2 heterocycles. The number of carbonyl (C=O) groups is 2. The first-order chi connectivity index (χ1) is 10.6. The van der Waals surface area contributed by atoms with Crippen molar-refractivity contribution in [1.29, 1.82) is 0 Å². The number of rotatable bonds is 4. The molecule has 0 atom stereocenters. The Balaban J connectivity index is 2.02. The molecule has 3 aromatic rings. The van der Waals surface area contributed by atoms with Crippen LogP contribution < -0.4 is 5.32 Å². The van der Waals surface area contributed by atoms with E-state index in [1.807, 2.05) is 18.2 Å². The second kappa shape index (κ2) is 5.69. The maximum Gasteiger partial charge on any atom is 0.225 e. The molecule has 0 fully saturated rings. The summed E-state index contributed by atoms with van der Waals surface area (Å²) in [6.07, 6.45) is 2.11. The minimum Gasteiger partial charge on any atom is -0.301 e. The Morgan fingerprint density at radius 1 is 1.36 bits per heavy atom. The average Bonchev–Trinajstić information content (AvgIpc) is 3.06. The number of hydrogen-bond donors (Lipinski definition) is 1. The monoisotopic (exact) mass is 314 g/mol. The van der Waals surface area contributed by atoms with Crippen LogP contribution in [0.5, 0.6) is 0 Å². The second-order valence-corrected chi connectivity index (χ2v) is 5.74. The minimum absolute atomic E-state index is 0.0109. The molecule has 1 aromatic carbocycles. The summed E-state index contributed by atoms with van der Waals surface area (Å²) >= 11 is 1.31. The van der Waals surface area contributed by atoms with E-state index in [0.717, 1.165) is 11.3 Å². The van der Waals surface area contributed by atoms with E-state index in [4.69, 9.17) is 0 Å². The number of nitrogens with zero attached hydrogens (tertiary/aromatic N) is 3. The zero-order chi connectivity index (χ0) is 15.7. The van der Waals surface area contributed by atoms with Crippen molar-refractivity contribution in [3.63, 3.8) is 0 Å². The third-order valence-electron chi connectivity index (χ3n) is 3.22. The first-order valence-corrected chi connectivity index (χ1v) is 7.66. The summed E-state index contributed by atoms with van der Waals surface area (Å²) in [6.45, 7) is 3.32. The Bertz CT molecular complexity index is 865. The molecule has 22 heavy (non-hydrogen) atoms. The van der Waals surface area contributed by atoms with Crippen LogP contribution in [0.3, 0.4) is 0 Å². The van der Waals surface area contributed by atoms with Gasteiger partial charge in [-0.05, 0) is 13.0 Å². The highest BCUT2D eigenvalue weighted by molar-refractivity contribution is 7.20. The lowest BCUT2D eigenvalue weighted by Crippen LogP contribution is -2.09. The predicted molar refractivity (Wildman–Crippen MR) is 85.2 cm³/mol. The van der Waals surface area contributed by atoms with Gasteiger partial charge in [0.1, 0.15) is 0 Å². The number of fused-ring (bicyclic) bond motifs is 1. The van der Waals surface area contributed by atoms with E-state index in [0.29, 0.717) is 22.1 Å². The molecular formula is C15H14N4O2S. The SMILES string of the molecule is CCC(=O)Nc1nn2c(-c3cccc(C(C)=O)c3)cnc2s1. The average molecular weight is 314 g/mol. The van der Waals surface area contributed by atoms with Gasteiger partial charge in [-0.3, -0.25) is 9.59 Å². The Morgan fingerprint density at radius 3 is 2.91 bits per heavy atom. The summed E-state index contributed by atoms with van der Waals surface area (Å²) in [6, 6.07) is 7.32. The Kier molecular flexibility index (Phi) is 3.72. The lowest BCUT2D eigenvalue weighted by Gasteiger charge is -2.01. The number of ketones is 1. The van der Waals surface area contributed by atoms with Gasteiger partial charge in [-0.15, -0.1) is 5.10 Å². The lowest BCUT2D eigenvalue weighted by molar-refractivity contribution is -0.115. The molecule has 0 spiro atoms. The van der Waals surface area contributed by atoms with Gasteiger partial charge in [-0.1, -0.05) is 36.5 Å². The predicted octanol–water partition coefficient (Wildman–Crippen LogP) is 3.01. The van der Waals surface area contributed by atoms with Crippen molar-refractivity contribution in [2.45, 2.75) is 20.3 Å². The molecule has 0 radical (unpaired) electrons. The minimum atomic E-state index is -0.0860. The van der Waals surface area contributed by atoms with Crippen LogP contribution in [0.4, 0.5) is 5.13 Å². The zero-order valence-corrected chi connectivity index (χ0v) is 13.0. The Hall–Kier alpha value is -2.54. The van der Waals surface area contributed by atoms with Crippen molar-refractivity contribution >= 4 is 33.1 Å². The second-order valence-electron chi connectivity index (χ2n) is 4.78. The molecule has 0 aliphatic rings. The maximum absolute atomic E-state index is 11.5. The number of Topliss-reactive ketones (excluding diaryl/α,β-unsaturated/α-hetero) is 1. The molecule has 0 bridgehead atoms. The largest absolute Gasteiger partial charge is 0.301 e. The summed E-state index contributed by atoms with van der Waals surface area (Å²) in [5.41, 5.74) is 2.28. The van der Waals surface area contributed by atoms with Crippen molar-refractivity contribution in [2.24, 2.45) is 0 Å². The molecule has 1 N–H and O–H groups in total. The van der Waals surface area contributed by atoms with E-state index in [2.05, 4.69) is 15.4 Å². The number of imidazole rings is 1. The first-order valence-electron chi connectivity index (χ1n) is 6.84. The topological polar surface area (TPSA) is 76.4 Å². The molecule has 3 rings (SSSR count). The van der Waals surface area contributed by atoms with Gasteiger partial charge >= 0.3 is 0 Å². The van der Waals surface area contributed by atoms with Gasteiger partial charge in [0.2, 0.25) is 16.0 Å². The fourth-order valence-corrected chi connectivity index (χ4v) is 2.84. The summed E-state index contributed by atoms with van der Waals surface area (Å²) in [4.78, 5) is 27.9. The highest BCUT2D eigenvalue weighted by Gasteiger charge is 2.13.